The molecule has 8 nitrogen and oxygen atoms in total. The van der Waals surface area contributed by atoms with Crippen molar-refractivity contribution >= 4 is 13.7 Å². The van der Waals surface area contributed by atoms with Gasteiger partial charge in [-0.15, -0.1) is 0 Å². The monoisotopic (exact) mass is 899 g/mol. The van der Waals surface area contributed by atoms with Crippen LogP contribution in [-0.4, -0.2) is 68.5 Å². The van der Waals surface area contributed by atoms with Gasteiger partial charge in [-0.2, -0.15) is 0 Å². The number of hydrogen-bond donors (Lipinski definition) is 2. The average Bonchev–Trinajstić information content (AvgIpc) is 3.23. The molecular formula is C53H107N2O6P. The molecule has 0 aliphatic carbocycles. The molecule has 62 heavy (non-hydrogen) atoms. The van der Waals surface area contributed by atoms with Crippen LogP contribution < -0.4 is 10.2 Å². The van der Waals surface area contributed by atoms with Gasteiger partial charge in [-0.3, -0.25) is 9.36 Å². The minimum absolute atomic E-state index is 0.00203. The van der Waals surface area contributed by atoms with E-state index in [1.165, 1.54) is 212 Å². The zero-order chi connectivity index (χ0) is 45.7. The van der Waals surface area contributed by atoms with Crippen molar-refractivity contribution in [3.05, 3.63) is 12.2 Å². The fraction of sp³-hybridized carbons (Fsp3) is 0.943. The van der Waals surface area contributed by atoms with Crippen molar-refractivity contribution in [1.82, 2.24) is 5.32 Å². The first-order valence-corrected chi connectivity index (χ1v) is 28.5. The van der Waals surface area contributed by atoms with E-state index in [2.05, 4.69) is 19.2 Å². The molecule has 0 heterocycles. The van der Waals surface area contributed by atoms with Crippen molar-refractivity contribution in [2.45, 2.75) is 283 Å². The van der Waals surface area contributed by atoms with Gasteiger partial charge in [0.15, 0.2) is 0 Å². The standard InChI is InChI=1S/C53H107N2O6P/c1-6-8-10-12-14-16-18-19-20-21-22-23-24-25-26-27-28-29-30-31-32-33-34-35-36-37-39-41-43-45-47-53(57)54-51(50-61-62(58,59)60-49-48-55(3,4)5)52(56)46-44-42-40-38-17-15-13-11-9-7-2/h44,46,51-52,56H,6-43,45,47-50H2,1-5H3,(H-,54,57,58,59)/b46-44+. The third-order valence-electron chi connectivity index (χ3n) is 12.5. The molecule has 2 N–H and O–H groups in total. The third-order valence-corrected chi connectivity index (χ3v) is 13.5. The number of aliphatic hydroxyl groups is 1. The Hall–Kier alpha value is -0.760. The number of likely N-dealkylation sites (N-methyl/N-ethyl adjacent to an activating group) is 1. The van der Waals surface area contributed by atoms with Gasteiger partial charge in [0.25, 0.3) is 7.82 Å². The minimum atomic E-state index is -4.58. The zero-order valence-electron chi connectivity index (χ0n) is 42.1. The lowest BCUT2D eigenvalue weighted by atomic mass is 10.0. The highest BCUT2D eigenvalue weighted by Gasteiger charge is 2.23. The zero-order valence-corrected chi connectivity index (χ0v) is 43.0. The van der Waals surface area contributed by atoms with Crippen LogP contribution in [0, 0.1) is 0 Å². The number of phosphoric ester groups is 1. The summed E-state index contributed by atoms with van der Waals surface area (Å²) in [6, 6.07) is -0.880. The van der Waals surface area contributed by atoms with Crippen LogP contribution in [-0.2, 0) is 18.4 Å². The lowest BCUT2D eigenvalue weighted by Gasteiger charge is -2.29. The van der Waals surface area contributed by atoms with Gasteiger partial charge in [-0.25, -0.2) is 0 Å². The Morgan fingerprint density at radius 3 is 1.21 bits per heavy atom. The molecule has 0 radical (unpaired) electrons. The van der Waals surface area contributed by atoms with Gasteiger partial charge in [0.1, 0.15) is 13.2 Å². The lowest BCUT2D eigenvalue weighted by molar-refractivity contribution is -0.870. The molecule has 9 heteroatoms. The van der Waals surface area contributed by atoms with Crippen LogP contribution in [0.15, 0.2) is 12.2 Å². The molecule has 0 aromatic rings. The Balaban J connectivity index is 3.96. The molecule has 3 atom stereocenters. The van der Waals surface area contributed by atoms with Crippen molar-refractivity contribution in [3.63, 3.8) is 0 Å². The maximum atomic E-state index is 12.9. The highest BCUT2D eigenvalue weighted by atomic mass is 31.2. The van der Waals surface area contributed by atoms with E-state index in [9.17, 15) is 19.4 Å². The molecule has 0 saturated heterocycles. The molecule has 1 amide bonds. The number of nitrogens with zero attached hydrogens (tertiary/aromatic N) is 1. The largest absolute Gasteiger partial charge is 0.756 e. The maximum absolute atomic E-state index is 12.9. The molecule has 0 aromatic heterocycles. The first-order valence-electron chi connectivity index (χ1n) is 27.1. The van der Waals surface area contributed by atoms with E-state index >= 15 is 0 Å². The fourth-order valence-corrected chi connectivity index (χ4v) is 8.94. The Labute approximate surface area is 386 Å². The van der Waals surface area contributed by atoms with Gasteiger partial charge >= 0.3 is 0 Å². The molecular weight excluding hydrogens is 792 g/mol. The van der Waals surface area contributed by atoms with Crippen LogP contribution in [0.4, 0.5) is 0 Å². The minimum Gasteiger partial charge on any atom is -0.756 e. The summed E-state index contributed by atoms with van der Waals surface area (Å²) in [6.07, 6.45) is 54.5. The Kier molecular flexibility index (Phi) is 44.8. The van der Waals surface area contributed by atoms with Crippen LogP contribution in [0.25, 0.3) is 0 Å². The number of unbranched alkanes of at least 4 members (excludes halogenated alkanes) is 37. The van der Waals surface area contributed by atoms with Crippen LogP contribution in [0.2, 0.25) is 0 Å². The second-order valence-electron chi connectivity index (χ2n) is 19.9. The van der Waals surface area contributed by atoms with Crippen LogP contribution in [0.3, 0.4) is 0 Å². The van der Waals surface area contributed by atoms with Crippen LogP contribution in [0.1, 0.15) is 271 Å². The number of rotatable bonds is 50. The van der Waals surface area contributed by atoms with Gasteiger partial charge in [0, 0.05) is 6.42 Å². The van der Waals surface area contributed by atoms with Gasteiger partial charge in [0.05, 0.1) is 39.9 Å². The van der Waals surface area contributed by atoms with E-state index in [-0.39, 0.29) is 19.1 Å². The number of amides is 1. The summed E-state index contributed by atoms with van der Waals surface area (Å²) in [5, 5.41) is 13.8. The molecule has 0 aromatic carbocycles. The summed E-state index contributed by atoms with van der Waals surface area (Å²) in [5.74, 6) is -0.193. The second kappa shape index (κ2) is 45.4. The number of aliphatic hydroxyl groups excluding tert-OH is 1. The Bertz CT molecular complexity index is 1020. The van der Waals surface area contributed by atoms with Crippen LogP contribution in [0.5, 0.6) is 0 Å². The van der Waals surface area contributed by atoms with Crippen molar-refractivity contribution in [3.8, 4) is 0 Å². The Morgan fingerprint density at radius 1 is 0.548 bits per heavy atom. The number of hydrogen-bond acceptors (Lipinski definition) is 6. The molecule has 370 valence electrons. The highest BCUT2D eigenvalue weighted by Crippen LogP contribution is 2.38. The molecule has 0 fully saturated rings. The van der Waals surface area contributed by atoms with Gasteiger partial charge in [-0.1, -0.05) is 257 Å². The first-order chi connectivity index (χ1) is 30.0. The molecule has 0 aliphatic rings. The van der Waals surface area contributed by atoms with E-state index in [0.29, 0.717) is 17.4 Å². The fourth-order valence-electron chi connectivity index (χ4n) is 8.21. The third kappa shape index (κ3) is 47.2. The van der Waals surface area contributed by atoms with Gasteiger partial charge in [-0.05, 0) is 19.3 Å². The number of quaternary nitrogens is 1. The van der Waals surface area contributed by atoms with Crippen molar-refractivity contribution in [2.75, 3.05) is 40.9 Å². The summed E-state index contributed by atoms with van der Waals surface area (Å²) in [6.45, 7) is 4.66. The molecule has 0 saturated carbocycles. The van der Waals surface area contributed by atoms with Crippen molar-refractivity contribution in [2.24, 2.45) is 0 Å². The maximum Gasteiger partial charge on any atom is 0.268 e. The average molecular weight is 899 g/mol. The summed E-state index contributed by atoms with van der Waals surface area (Å²) in [7, 11) is 1.27. The number of carbonyl (C=O) groups excluding carboxylic acids is 1. The smallest absolute Gasteiger partial charge is 0.268 e. The summed E-state index contributed by atoms with van der Waals surface area (Å²) in [4.78, 5) is 25.3. The predicted octanol–water partition coefficient (Wildman–Crippen LogP) is 15.2. The predicted molar refractivity (Wildman–Crippen MR) is 266 cm³/mol. The highest BCUT2D eigenvalue weighted by molar-refractivity contribution is 7.45. The molecule has 0 spiro atoms. The number of phosphoric acid groups is 1. The van der Waals surface area contributed by atoms with E-state index in [1.54, 1.807) is 6.08 Å². The van der Waals surface area contributed by atoms with E-state index in [0.717, 1.165) is 38.5 Å². The van der Waals surface area contributed by atoms with Crippen molar-refractivity contribution < 1.29 is 32.9 Å². The van der Waals surface area contributed by atoms with E-state index < -0.39 is 20.0 Å². The van der Waals surface area contributed by atoms with Crippen LogP contribution >= 0.6 is 7.82 Å². The quantitative estimate of drug-likeness (QED) is 0.0272. The molecule has 3 unspecified atom stereocenters. The van der Waals surface area contributed by atoms with Gasteiger partial charge in [0.2, 0.25) is 5.91 Å². The SMILES string of the molecule is CCCCCCCCCC/C=C/C(O)C(COP(=O)([O-])OCC[N+](C)(C)C)NC(=O)CCCCCCCCCCCCCCCCCCCCCCCCCCCCCCCC. The topological polar surface area (TPSA) is 108 Å². The van der Waals surface area contributed by atoms with Gasteiger partial charge < -0.3 is 28.8 Å². The number of carbonyl (C=O) groups is 1. The van der Waals surface area contributed by atoms with E-state index in [4.69, 9.17) is 9.05 Å². The molecule has 0 bridgehead atoms. The summed E-state index contributed by atoms with van der Waals surface area (Å²) in [5.41, 5.74) is 0. The van der Waals surface area contributed by atoms with E-state index in [1.807, 2.05) is 27.2 Å². The first kappa shape index (κ1) is 61.2. The van der Waals surface area contributed by atoms with Crippen molar-refractivity contribution in [1.29, 1.82) is 0 Å². The Morgan fingerprint density at radius 2 is 0.871 bits per heavy atom. The number of allylic oxidation sites excluding steroid dienone is 1. The molecule has 0 rings (SSSR count). The number of nitrogens with one attached hydrogen (secondary N) is 1. The lowest BCUT2D eigenvalue weighted by Crippen LogP contribution is -2.45. The molecule has 0 aliphatic heterocycles. The summed E-state index contributed by atoms with van der Waals surface area (Å²) >= 11 is 0. The summed E-state index contributed by atoms with van der Waals surface area (Å²) < 4.78 is 23.2. The second-order valence-corrected chi connectivity index (χ2v) is 21.4. The normalized spacial score (nSPS) is 14.1.